The zero-order chi connectivity index (χ0) is 19.2. The average Bonchev–Trinajstić information content (AvgIpc) is 3.04. The van der Waals surface area contributed by atoms with E-state index < -0.39 is 0 Å². The zero-order valence-corrected chi connectivity index (χ0v) is 17.5. The maximum absolute atomic E-state index is 11.9. The predicted molar refractivity (Wildman–Crippen MR) is 108 cm³/mol. The molecule has 1 aromatic heterocycles. The van der Waals surface area contributed by atoms with E-state index in [2.05, 4.69) is 57.6 Å². The van der Waals surface area contributed by atoms with Gasteiger partial charge in [-0.25, -0.2) is 9.78 Å². The van der Waals surface area contributed by atoms with Crippen LogP contribution in [0.3, 0.4) is 0 Å². The molecule has 0 spiro atoms. The van der Waals surface area contributed by atoms with Gasteiger partial charge < -0.3 is 16.0 Å². The second-order valence-electron chi connectivity index (χ2n) is 6.81. The maximum Gasteiger partial charge on any atom is 0.315 e. The summed E-state index contributed by atoms with van der Waals surface area (Å²) in [4.78, 5) is 28.2. The first-order valence-corrected chi connectivity index (χ1v) is 9.93. The van der Waals surface area contributed by atoms with E-state index in [0.717, 1.165) is 20.9 Å². The molecule has 0 fully saturated rings. The molecular weight excluding hydrogens is 416 g/mol. The molecule has 6 nitrogen and oxygen atoms in total. The van der Waals surface area contributed by atoms with Crippen LogP contribution in [0, 0.1) is 0 Å². The quantitative estimate of drug-likeness (QED) is 0.636. The van der Waals surface area contributed by atoms with Gasteiger partial charge in [0.2, 0.25) is 5.91 Å². The lowest BCUT2D eigenvalue weighted by molar-refractivity contribution is -0.116. The van der Waals surface area contributed by atoms with Crippen LogP contribution in [-0.4, -0.2) is 23.5 Å². The first-order valence-electron chi connectivity index (χ1n) is 8.26. The van der Waals surface area contributed by atoms with Crippen LogP contribution in [-0.2, 0) is 16.8 Å². The van der Waals surface area contributed by atoms with Crippen LogP contribution >= 0.6 is 27.3 Å². The van der Waals surface area contributed by atoms with Crippen LogP contribution in [0.4, 0.5) is 10.5 Å². The monoisotopic (exact) mass is 438 g/mol. The third kappa shape index (κ3) is 6.76. The van der Waals surface area contributed by atoms with E-state index in [4.69, 9.17) is 0 Å². The standard InChI is InChI=1S/C18H23BrN4O2S/c1-18(2,3)16-23-14(11-26-16)10-21-17(25)20-9-8-15(24)22-13-6-4-12(19)5-7-13/h4-7,11H,8-10H2,1-3H3,(H,22,24)(H2,20,21,25). The molecule has 2 aromatic rings. The molecule has 0 radical (unpaired) electrons. The predicted octanol–water partition coefficient (Wildman–Crippen LogP) is 4.03. The molecule has 0 saturated carbocycles. The Balaban J connectivity index is 1.66. The summed E-state index contributed by atoms with van der Waals surface area (Å²) >= 11 is 4.93. The van der Waals surface area contributed by atoms with Gasteiger partial charge >= 0.3 is 6.03 Å². The lowest BCUT2D eigenvalue weighted by Crippen LogP contribution is -2.36. The van der Waals surface area contributed by atoms with Crippen LogP contribution < -0.4 is 16.0 Å². The topological polar surface area (TPSA) is 83.1 Å². The Labute approximate surface area is 165 Å². The number of amides is 3. The fraction of sp³-hybridized carbons (Fsp3) is 0.389. The highest BCUT2D eigenvalue weighted by Crippen LogP contribution is 2.25. The van der Waals surface area contributed by atoms with E-state index in [0.29, 0.717) is 6.54 Å². The smallest absolute Gasteiger partial charge is 0.315 e. The minimum absolute atomic E-state index is 0.00731. The molecule has 8 heteroatoms. The van der Waals surface area contributed by atoms with E-state index >= 15 is 0 Å². The Morgan fingerprint density at radius 1 is 1.15 bits per heavy atom. The molecule has 3 amide bonds. The van der Waals surface area contributed by atoms with Gasteiger partial charge in [-0.2, -0.15) is 0 Å². The number of aromatic nitrogens is 1. The molecule has 0 aliphatic rings. The zero-order valence-electron chi connectivity index (χ0n) is 15.1. The van der Waals surface area contributed by atoms with E-state index in [1.54, 1.807) is 11.3 Å². The van der Waals surface area contributed by atoms with E-state index in [1.807, 2.05) is 29.6 Å². The van der Waals surface area contributed by atoms with Crippen molar-refractivity contribution < 1.29 is 9.59 Å². The minimum atomic E-state index is -0.313. The Kier molecular flexibility index (Phi) is 7.16. The van der Waals surface area contributed by atoms with Crippen molar-refractivity contribution >= 4 is 44.9 Å². The van der Waals surface area contributed by atoms with E-state index in [1.165, 1.54) is 0 Å². The van der Waals surface area contributed by atoms with Crippen LogP contribution in [0.15, 0.2) is 34.1 Å². The summed E-state index contributed by atoms with van der Waals surface area (Å²) in [6, 6.07) is 7.01. The number of nitrogens with one attached hydrogen (secondary N) is 3. The summed E-state index contributed by atoms with van der Waals surface area (Å²) in [5, 5.41) is 11.2. The van der Waals surface area contributed by atoms with E-state index in [-0.39, 0.29) is 30.3 Å². The first kappa shape index (κ1) is 20.4. The second-order valence-corrected chi connectivity index (χ2v) is 8.58. The molecule has 1 aromatic carbocycles. The van der Waals surface area contributed by atoms with Gasteiger partial charge in [-0.05, 0) is 24.3 Å². The van der Waals surface area contributed by atoms with Gasteiger partial charge in [-0.1, -0.05) is 36.7 Å². The van der Waals surface area contributed by atoms with Crippen LogP contribution in [0.25, 0.3) is 0 Å². The Morgan fingerprint density at radius 2 is 1.85 bits per heavy atom. The van der Waals surface area contributed by atoms with Crippen molar-refractivity contribution in [3.63, 3.8) is 0 Å². The SMILES string of the molecule is CC(C)(C)c1nc(CNC(=O)NCCC(=O)Nc2ccc(Br)cc2)cs1. The number of hydrogen-bond donors (Lipinski definition) is 3. The Hall–Kier alpha value is -1.93. The Morgan fingerprint density at radius 3 is 2.46 bits per heavy atom. The molecule has 0 saturated heterocycles. The van der Waals surface area contributed by atoms with Crippen LogP contribution in [0.5, 0.6) is 0 Å². The number of anilines is 1. The van der Waals surface area contributed by atoms with Gasteiger partial charge in [0.1, 0.15) is 0 Å². The van der Waals surface area contributed by atoms with Gasteiger partial charge in [-0.15, -0.1) is 11.3 Å². The molecule has 0 aliphatic carbocycles. The molecular formula is C18H23BrN4O2S. The fourth-order valence-corrected chi connectivity index (χ4v) is 3.18. The first-order chi connectivity index (χ1) is 12.2. The van der Waals surface area contributed by atoms with Crippen molar-refractivity contribution in [3.8, 4) is 0 Å². The van der Waals surface area contributed by atoms with Crippen LogP contribution in [0.2, 0.25) is 0 Å². The van der Waals surface area contributed by atoms with Gasteiger partial charge in [0.25, 0.3) is 0 Å². The highest BCUT2D eigenvalue weighted by molar-refractivity contribution is 9.10. The summed E-state index contributed by atoms with van der Waals surface area (Å²) in [7, 11) is 0. The number of thiazole rings is 1. The van der Waals surface area contributed by atoms with Crippen molar-refractivity contribution in [2.75, 3.05) is 11.9 Å². The third-order valence-electron chi connectivity index (χ3n) is 3.39. The highest BCUT2D eigenvalue weighted by atomic mass is 79.9. The normalized spacial score (nSPS) is 11.1. The number of carbonyl (C=O) groups is 2. The number of carbonyl (C=O) groups excluding carboxylic acids is 2. The average molecular weight is 439 g/mol. The molecule has 0 unspecified atom stereocenters. The van der Waals surface area contributed by atoms with Gasteiger partial charge in [0.15, 0.2) is 0 Å². The number of urea groups is 1. The van der Waals surface area contributed by atoms with Crippen LogP contribution in [0.1, 0.15) is 37.9 Å². The molecule has 0 atom stereocenters. The second kappa shape index (κ2) is 9.14. The van der Waals surface area contributed by atoms with Crippen molar-refractivity contribution in [1.82, 2.24) is 15.6 Å². The molecule has 26 heavy (non-hydrogen) atoms. The van der Waals surface area contributed by atoms with Crippen molar-refractivity contribution in [3.05, 3.63) is 44.8 Å². The summed E-state index contributed by atoms with van der Waals surface area (Å²) in [6.45, 7) is 6.95. The summed E-state index contributed by atoms with van der Waals surface area (Å²) < 4.78 is 0.948. The van der Waals surface area contributed by atoms with Crippen molar-refractivity contribution in [1.29, 1.82) is 0 Å². The number of nitrogens with zero attached hydrogens (tertiary/aromatic N) is 1. The van der Waals surface area contributed by atoms with Gasteiger partial charge in [-0.3, -0.25) is 4.79 Å². The number of hydrogen-bond acceptors (Lipinski definition) is 4. The summed E-state index contributed by atoms with van der Waals surface area (Å²) in [5.41, 5.74) is 1.57. The van der Waals surface area contributed by atoms with Gasteiger partial charge in [0, 0.05) is 33.9 Å². The van der Waals surface area contributed by atoms with E-state index in [9.17, 15) is 9.59 Å². The molecule has 0 bridgehead atoms. The molecule has 3 N–H and O–H groups in total. The summed E-state index contributed by atoms with van der Waals surface area (Å²) in [6.07, 6.45) is 0.203. The maximum atomic E-state index is 11.9. The van der Waals surface area contributed by atoms with Gasteiger partial charge in [0.05, 0.1) is 17.2 Å². The number of halogens is 1. The minimum Gasteiger partial charge on any atom is -0.338 e. The largest absolute Gasteiger partial charge is 0.338 e. The number of rotatable bonds is 6. The number of benzene rings is 1. The Bertz CT molecular complexity index is 753. The van der Waals surface area contributed by atoms with Crippen molar-refractivity contribution in [2.24, 2.45) is 0 Å². The lowest BCUT2D eigenvalue weighted by atomic mass is 9.98. The highest BCUT2D eigenvalue weighted by Gasteiger charge is 2.18. The molecule has 1 heterocycles. The summed E-state index contributed by atoms with van der Waals surface area (Å²) in [5.74, 6) is -0.151. The fourth-order valence-electron chi connectivity index (χ4n) is 2.01. The molecule has 2 rings (SSSR count). The van der Waals surface area contributed by atoms with Crippen molar-refractivity contribution in [2.45, 2.75) is 39.2 Å². The third-order valence-corrected chi connectivity index (χ3v) is 5.23. The molecule has 0 aliphatic heterocycles. The lowest BCUT2D eigenvalue weighted by Gasteiger charge is -2.13. The molecule has 140 valence electrons.